The molecule has 8 bridgehead atoms. The van der Waals surface area contributed by atoms with Crippen molar-refractivity contribution in [3.63, 3.8) is 0 Å². The van der Waals surface area contributed by atoms with E-state index in [9.17, 15) is 0 Å². The maximum absolute atomic E-state index is 6.26. The number of ether oxygens (including phenoxy) is 2. The predicted molar refractivity (Wildman–Crippen MR) is 267 cm³/mol. The molecule has 5 aromatic rings. The normalized spacial score (nSPS) is 12.2. The number of aromatic nitrogens is 4. The summed E-state index contributed by atoms with van der Waals surface area (Å²) in [6.45, 7) is 7.19. The second-order valence-electron chi connectivity index (χ2n) is 19.2. The van der Waals surface area contributed by atoms with Crippen molar-refractivity contribution < 1.29 is 43.3 Å². The second-order valence-corrected chi connectivity index (χ2v) is 19.2. The van der Waals surface area contributed by atoms with Gasteiger partial charge in [-0.3, -0.25) is 0 Å². The van der Waals surface area contributed by atoms with E-state index < -0.39 is 0 Å². The molecule has 3 aromatic heterocycles. The van der Waals surface area contributed by atoms with Crippen LogP contribution in [0.4, 0.5) is 0 Å². The average molecular weight is 920 g/mol. The van der Waals surface area contributed by atoms with E-state index in [-0.39, 0.29) is 24.8 Å². The summed E-state index contributed by atoms with van der Waals surface area (Å²) in [7, 11) is 11.5. The average Bonchev–Trinajstić information content (AvgIpc) is 4.10. The highest BCUT2D eigenvalue weighted by Crippen LogP contribution is 2.34. The minimum atomic E-state index is 0. The van der Waals surface area contributed by atoms with Gasteiger partial charge in [-0.2, -0.15) is 0 Å². The van der Waals surface area contributed by atoms with Gasteiger partial charge in [-0.15, -0.1) is 0 Å². The third-order valence-corrected chi connectivity index (χ3v) is 12.2. The number of fused-ring (bicyclic) bond motifs is 8. The van der Waals surface area contributed by atoms with Crippen molar-refractivity contribution in [1.82, 2.24) is 19.9 Å². The Hall–Kier alpha value is -4.86. The lowest BCUT2D eigenvalue weighted by atomic mass is 10.0. The van der Waals surface area contributed by atoms with Gasteiger partial charge in [0.15, 0.2) is 0 Å². The number of hydrogen-bond acceptors (Lipinski definition) is 4. The van der Waals surface area contributed by atoms with Gasteiger partial charge in [-0.1, -0.05) is 89.0 Å². The van der Waals surface area contributed by atoms with Crippen LogP contribution in [0.5, 0.6) is 11.5 Å². The first-order chi connectivity index (χ1) is 30.5. The quantitative estimate of drug-likeness (QED) is 0.0525. The third kappa shape index (κ3) is 15.4. The number of H-pyrrole nitrogens is 2. The molecular formula is C55H72Cl2N6O2. The minimum absolute atomic E-state index is 0. The SMILES string of the molecule is CCCCCCCCCCCCOc1ccc(-c2c3nc(cc4ccc([nH]4)c(-c4ccc(OCCC[N+](C)(C)CCC[N+](C)(C)C)cc4)c4ccc(cc5nc2C=C5)[nH]4)C=C3)cc1.[Cl-].[Cl-]. The van der Waals surface area contributed by atoms with Gasteiger partial charge < -0.3 is 53.2 Å². The first kappa shape index (κ1) is 51.1. The van der Waals surface area contributed by atoms with Crippen LogP contribution in [-0.4, -0.2) is 97.0 Å². The number of hydrogen-bond donors (Lipinski definition) is 2. The van der Waals surface area contributed by atoms with Gasteiger partial charge in [0.2, 0.25) is 0 Å². The molecule has 0 radical (unpaired) electrons. The molecular weight excluding hydrogens is 848 g/mol. The first-order valence-electron chi connectivity index (χ1n) is 23.7. The molecule has 5 heterocycles. The largest absolute Gasteiger partial charge is 1.00 e. The number of halogens is 2. The highest BCUT2D eigenvalue weighted by molar-refractivity contribution is 5.94. The zero-order chi connectivity index (χ0) is 44.1. The molecule has 7 rings (SSSR count). The van der Waals surface area contributed by atoms with Crippen LogP contribution in [0, 0.1) is 0 Å². The molecule has 0 amide bonds. The fourth-order valence-electron chi connectivity index (χ4n) is 8.66. The Morgan fingerprint density at radius 2 is 0.908 bits per heavy atom. The Morgan fingerprint density at radius 3 is 1.40 bits per heavy atom. The van der Waals surface area contributed by atoms with E-state index in [1.807, 2.05) is 0 Å². The highest BCUT2D eigenvalue weighted by atomic mass is 35.5. The molecule has 0 atom stereocenters. The number of unbranched alkanes of at least 4 members (excludes halogenated alkanes) is 9. The molecule has 0 saturated carbocycles. The van der Waals surface area contributed by atoms with Crippen LogP contribution in [0.1, 0.15) is 107 Å². The summed E-state index contributed by atoms with van der Waals surface area (Å²) in [4.78, 5) is 17.7. The monoisotopic (exact) mass is 919 g/mol. The maximum atomic E-state index is 6.26. The smallest absolute Gasteiger partial charge is 0.119 e. The van der Waals surface area contributed by atoms with Gasteiger partial charge in [0, 0.05) is 46.0 Å². The minimum Gasteiger partial charge on any atom is -1.00 e. The zero-order valence-electron chi connectivity index (χ0n) is 39.8. The van der Waals surface area contributed by atoms with Crippen LogP contribution in [0.3, 0.4) is 0 Å². The fraction of sp³-hybridized carbons (Fsp3) is 0.418. The number of benzene rings is 2. The van der Waals surface area contributed by atoms with Gasteiger partial charge in [0.1, 0.15) is 11.5 Å². The summed E-state index contributed by atoms with van der Waals surface area (Å²) in [5, 5.41) is 0. The number of quaternary nitrogens is 2. The lowest BCUT2D eigenvalue weighted by Crippen LogP contribution is -3.00. The molecule has 8 nitrogen and oxygen atoms in total. The molecule has 2 aliphatic heterocycles. The van der Waals surface area contributed by atoms with Crippen molar-refractivity contribution >= 4 is 46.4 Å². The van der Waals surface area contributed by atoms with Crippen LogP contribution in [0.25, 0.3) is 68.6 Å². The van der Waals surface area contributed by atoms with Crippen LogP contribution in [0.2, 0.25) is 0 Å². The van der Waals surface area contributed by atoms with Crippen molar-refractivity contribution in [2.45, 2.75) is 84.0 Å². The number of nitrogens with one attached hydrogen (secondary N) is 2. The molecule has 0 saturated heterocycles. The summed E-state index contributed by atoms with van der Waals surface area (Å²) < 4.78 is 14.5. The van der Waals surface area contributed by atoms with Crippen molar-refractivity contribution in [2.75, 3.05) is 68.1 Å². The van der Waals surface area contributed by atoms with E-state index in [0.29, 0.717) is 6.61 Å². The molecule has 10 heteroatoms. The van der Waals surface area contributed by atoms with Gasteiger partial charge in [-0.25, -0.2) is 9.97 Å². The lowest BCUT2D eigenvalue weighted by molar-refractivity contribution is -0.902. The van der Waals surface area contributed by atoms with Crippen molar-refractivity contribution in [1.29, 1.82) is 0 Å². The Kier molecular flexibility index (Phi) is 19.4. The summed E-state index contributed by atoms with van der Waals surface area (Å²) in [5.41, 5.74) is 11.8. The fourth-order valence-corrected chi connectivity index (χ4v) is 8.66. The second kappa shape index (κ2) is 24.6. The van der Waals surface area contributed by atoms with Crippen molar-refractivity contribution in [2.24, 2.45) is 0 Å². The van der Waals surface area contributed by atoms with Gasteiger partial charge in [0.05, 0.1) is 90.9 Å². The predicted octanol–water partition coefficient (Wildman–Crippen LogP) is 7.24. The Labute approximate surface area is 401 Å². The lowest BCUT2D eigenvalue weighted by Gasteiger charge is -2.31. The molecule has 0 unspecified atom stereocenters. The summed E-state index contributed by atoms with van der Waals surface area (Å²) >= 11 is 0. The molecule has 2 aliphatic rings. The molecule has 2 N–H and O–H groups in total. The van der Waals surface area contributed by atoms with E-state index in [2.05, 4.69) is 161 Å². The first-order valence-corrected chi connectivity index (χ1v) is 23.7. The van der Waals surface area contributed by atoms with E-state index in [0.717, 1.165) is 114 Å². The topological polar surface area (TPSA) is 75.8 Å². The van der Waals surface area contributed by atoms with E-state index >= 15 is 0 Å². The molecule has 65 heavy (non-hydrogen) atoms. The van der Waals surface area contributed by atoms with Gasteiger partial charge in [0.25, 0.3) is 0 Å². The van der Waals surface area contributed by atoms with Gasteiger partial charge >= 0.3 is 0 Å². The Balaban J connectivity index is 0.00000397. The third-order valence-electron chi connectivity index (χ3n) is 12.2. The number of nitrogens with zero attached hydrogens (tertiary/aromatic N) is 4. The van der Waals surface area contributed by atoms with E-state index in [1.165, 1.54) is 77.3 Å². The Morgan fingerprint density at radius 1 is 0.462 bits per heavy atom. The van der Waals surface area contributed by atoms with Crippen LogP contribution >= 0.6 is 0 Å². The standard InChI is InChI=1S/C55H72N6O2.2ClH/c1-7-8-9-10-11-12-13-14-15-16-38-62-48-27-19-42(20-28-48)54-50-31-23-44(56-50)40-46-25-33-52(58-46)55(53-34-26-47(59-53)41-45-24-32-51(54)57-45)43-21-29-49(30-22-43)63-39-18-37-61(5,6)36-17-35-60(2,3)4;;/h19-34,40-41,58-59H,7-18,35-39H2,1-6H3;2*1H/q+2;;/p-2. The van der Waals surface area contributed by atoms with E-state index in [1.54, 1.807) is 0 Å². The van der Waals surface area contributed by atoms with E-state index in [4.69, 9.17) is 19.4 Å². The van der Waals surface area contributed by atoms with Crippen LogP contribution < -0.4 is 34.3 Å². The number of aromatic amines is 2. The zero-order valence-corrected chi connectivity index (χ0v) is 41.3. The molecule has 0 fully saturated rings. The molecule has 348 valence electrons. The van der Waals surface area contributed by atoms with Gasteiger partial charge in [-0.05, 0) is 103 Å². The summed E-state index contributed by atoms with van der Waals surface area (Å²) in [6.07, 6.45) is 23.8. The van der Waals surface area contributed by atoms with Crippen molar-refractivity contribution in [3.05, 3.63) is 108 Å². The Bertz CT molecular complexity index is 2380. The maximum Gasteiger partial charge on any atom is 0.119 e. The van der Waals surface area contributed by atoms with Crippen molar-refractivity contribution in [3.8, 4) is 33.8 Å². The molecule has 2 aromatic carbocycles. The van der Waals surface area contributed by atoms with Crippen LogP contribution in [0.15, 0.2) is 84.9 Å². The number of rotatable bonds is 23. The molecule has 0 spiro atoms. The highest BCUT2D eigenvalue weighted by Gasteiger charge is 2.18. The molecule has 0 aliphatic carbocycles. The summed E-state index contributed by atoms with van der Waals surface area (Å²) in [6, 6.07) is 29.7. The van der Waals surface area contributed by atoms with Crippen LogP contribution in [-0.2, 0) is 0 Å². The summed E-state index contributed by atoms with van der Waals surface area (Å²) in [5.74, 6) is 1.79.